The van der Waals surface area contributed by atoms with Gasteiger partial charge in [-0.15, -0.1) is 0 Å². The van der Waals surface area contributed by atoms with Crippen LogP contribution in [0.4, 0.5) is 0 Å². The molecule has 0 saturated carbocycles. The van der Waals surface area contributed by atoms with E-state index < -0.39 is 0 Å². The summed E-state index contributed by atoms with van der Waals surface area (Å²) in [5.74, 6) is 1.44. The van der Waals surface area contributed by atoms with E-state index in [1.807, 2.05) is 18.2 Å². The van der Waals surface area contributed by atoms with E-state index in [4.69, 9.17) is 14.2 Å². The molecule has 1 aromatic rings. The molecule has 0 radical (unpaired) electrons. The minimum absolute atomic E-state index is 0.0558. The summed E-state index contributed by atoms with van der Waals surface area (Å²) < 4.78 is 15.9. The molecule has 1 aliphatic rings. The summed E-state index contributed by atoms with van der Waals surface area (Å²) >= 11 is 0. The van der Waals surface area contributed by atoms with Crippen LogP contribution in [-0.2, 0) is 16.0 Å². The number of benzene rings is 1. The molecule has 0 spiro atoms. The van der Waals surface area contributed by atoms with Gasteiger partial charge >= 0.3 is 0 Å². The molecular formula is C16H23NO4. The quantitative estimate of drug-likeness (QED) is 0.834. The third-order valence-electron chi connectivity index (χ3n) is 3.64. The van der Waals surface area contributed by atoms with E-state index in [0.717, 1.165) is 25.0 Å². The maximum absolute atomic E-state index is 11.8. The maximum Gasteiger partial charge on any atom is 0.220 e. The van der Waals surface area contributed by atoms with E-state index in [2.05, 4.69) is 5.32 Å². The van der Waals surface area contributed by atoms with Crippen molar-refractivity contribution in [1.82, 2.24) is 5.32 Å². The summed E-state index contributed by atoms with van der Waals surface area (Å²) in [7, 11) is 3.21. The largest absolute Gasteiger partial charge is 0.493 e. The first kappa shape index (κ1) is 15.6. The number of hydrogen-bond donors (Lipinski definition) is 1. The van der Waals surface area contributed by atoms with Crippen LogP contribution in [0.25, 0.3) is 0 Å². The van der Waals surface area contributed by atoms with E-state index >= 15 is 0 Å². The standard InChI is InChI=1S/C16H23NO4/c1-19-14-7-5-12(10-15(14)20-2)6-8-16(18)17-11-13-4-3-9-21-13/h5,7,10,13H,3-4,6,8-9,11H2,1-2H3,(H,17,18)/t13-/m1/s1. The molecule has 116 valence electrons. The lowest BCUT2D eigenvalue weighted by molar-refractivity contribution is -0.121. The van der Waals surface area contributed by atoms with E-state index in [1.54, 1.807) is 14.2 Å². The number of rotatable bonds is 7. The van der Waals surface area contributed by atoms with Gasteiger partial charge in [0.2, 0.25) is 5.91 Å². The second-order valence-electron chi connectivity index (χ2n) is 5.13. The summed E-state index contributed by atoms with van der Waals surface area (Å²) in [6.07, 6.45) is 3.46. The van der Waals surface area contributed by atoms with Crippen LogP contribution in [0.5, 0.6) is 11.5 Å². The highest BCUT2D eigenvalue weighted by Crippen LogP contribution is 2.27. The zero-order chi connectivity index (χ0) is 15.1. The van der Waals surface area contributed by atoms with E-state index in [-0.39, 0.29) is 12.0 Å². The second kappa shape index (κ2) is 7.88. The Balaban J connectivity index is 1.77. The van der Waals surface area contributed by atoms with Crippen molar-refractivity contribution in [2.45, 2.75) is 31.8 Å². The minimum atomic E-state index is 0.0558. The number of hydrogen-bond acceptors (Lipinski definition) is 4. The normalized spacial score (nSPS) is 17.5. The van der Waals surface area contributed by atoms with E-state index in [0.29, 0.717) is 30.9 Å². The Bertz CT molecular complexity index is 469. The van der Waals surface area contributed by atoms with Gasteiger partial charge in [-0.1, -0.05) is 6.07 Å². The fraction of sp³-hybridized carbons (Fsp3) is 0.562. The van der Waals surface area contributed by atoms with Crippen LogP contribution in [-0.4, -0.2) is 39.4 Å². The maximum atomic E-state index is 11.8. The average Bonchev–Trinajstić information content (AvgIpc) is 3.04. The fourth-order valence-corrected chi connectivity index (χ4v) is 2.42. The molecule has 1 N–H and O–H groups in total. The van der Waals surface area contributed by atoms with Crippen LogP contribution in [0, 0.1) is 0 Å². The topological polar surface area (TPSA) is 56.8 Å². The van der Waals surface area contributed by atoms with E-state index in [9.17, 15) is 4.79 Å². The third kappa shape index (κ3) is 4.63. The monoisotopic (exact) mass is 293 g/mol. The third-order valence-corrected chi connectivity index (χ3v) is 3.64. The molecule has 1 saturated heterocycles. The number of nitrogens with one attached hydrogen (secondary N) is 1. The Morgan fingerprint density at radius 3 is 2.81 bits per heavy atom. The molecule has 1 amide bonds. The predicted octanol–water partition coefficient (Wildman–Crippen LogP) is 1.93. The van der Waals surface area contributed by atoms with Crippen LogP contribution in [0.1, 0.15) is 24.8 Å². The number of ether oxygens (including phenoxy) is 3. The van der Waals surface area contributed by atoms with Gasteiger partial charge in [0.15, 0.2) is 11.5 Å². The van der Waals surface area contributed by atoms with Crippen LogP contribution >= 0.6 is 0 Å². The molecule has 0 aromatic heterocycles. The highest BCUT2D eigenvalue weighted by atomic mass is 16.5. The van der Waals surface area contributed by atoms with Gasteiger partial charge in [-0.05, 0) is 37.0 Å². The summed E-state index contributed by atoms with van der Waals surface area (Å²) in [5.41, 5.74) is 1.06. The Kier molecular flexibility index (Phi) is 5.87. The molecule has 5 heteroatoms. The lowest BCUT2D eigenvalue weighted by Crippen LogP contribution is -2.31. The molecule has 1 fully saturated rings. The molecule has 1 aromatic carbocycles. The molecule has 1 heterocycles. The van der Waals surface area contributed by atoms with Crippen LogP contribution in [0.2, 0.25) is 0 Å². The Hall–Kier alpha value is -1.75. The van der Waals surface area contributed by atoms with Crippen molar-refractivity contribution < 1.29 is 19.0 Å². The van der Waals surface area contributed by atoms with Crippen LogP contribution < -0.4 is 14.8 Å². The lowest BCUT2D eigenvalue weighted by atomic mass is 10.1. The lowest BCUT2D eigenvalue weighted by Gasteiger charge is -2.11. The minimum Gasteiger partial charge on any atom is -0.493 e. The average molecular weight is 293 g/mol. The molecule has 1 aliphatic heterocycles. The van der Waals surface area contributed by atoms with E-state index in [1.165, 1.54) is 0 Å². The zero-order valence-corrected chi connectivity index (χ0v) is 12.7. The number of methoxy groups -OCH3 is 2. The van der Waals surface area contributed by atoms with Crippen molar-refractivity contribution in [2.75, 3.05) is 27.4 Å². The van der Waals surface area contributed by atoms with Crippen molar-refractivity contribution >= 4 is 5.91 Å². The van der Waals surface area contributed by atoms with Crippen LogP contribution in [0.15, 0.2) is 18.2 Å². The molecule has 5 nitrogen and oxygen atoms in total. The van der Waals surface area contributed by atoms with Crippen molar-refractivity contribution in [1.29, 1.82) is 0 Å². The van der Waals surface area contributed by atoms with Gasteiger partial charge in [0, 0.05) is 19.6 Å². The molecule has 2 rings (SSSR count). The molecular weight excluding hydrogens is 270 g/mol. The molecule has 21 heavy (non-hydrogen) atoms. The molecule has 0 aliphatic carbocycles. The summed E-state index contributed by atoms with van der Waals surface area (Å²) in [6, 6.07) is 5.72. The highest BCUT2D eigenvalue weighted by molar-refractivity contribution is 5.76. The van der Waals surface area contributed by atoms with Gasteiger partial charge in [-0.25, -0.2) is 0 Å². The van der Waals surface area contributed by atoms with Gasteiger partial charge in [0.25, 0.3) is 0 Å². The number of aryl methyl sites for hydroxylation is 1. The Morgan fingerprint density at radius 1 is 1.33 bits per heavy atom. The van der Waals surface area contributed by atoms with Gasteiger partial charge < -0.3 is 19.5 Å². The smallest absolute Gasteiger partial charge is 0.220 e. The summed E-state index contributed by atoms with van der Waals surface area (Å²) in [4.78, 5) is 11.8. The van der Waals surface area contributed by atoms with Gasteiger partial charge in [0.1, 0.15) is 0 Å². The van der Waals surface area contributed by atoms with Gasteiger partial charge in [-0.2, -0.15) is 0 Å². The molecule has 0 unspecified atom stereocenters. The Labute approximate surface area is 125 Å². The highest BCUT2D eigenvalue weighted by Gasteiger charge is 2.16. The number of carbonyl (C=O) groups is 1. The SMILES string of the molecule is COc1ccc(CCC(=O)NC[C@H]2CCCO2)cc1OC. The van der Waals surface area contributed by atoms with Crippen molar-refractivity contribution in [3.05, 3.63) is 23.8 Å². The number of carbonyl (C=O) groups excluding carboxylic acids is 1. The first-order valence-corrected chi connectivity index (χ1v) is 7.32. The van der Waals surface area contributed by atoms with Crippen LogP contribution in [0.3, 0.4) is 0 Å². The number of amides is 1. The summed E-state index contributed by atoms with van der Waals surface area (Å²) in [5, 5.41) is 2.93. The van der Waals surface area contributed by atoms with Crippen molar-refractivity contribution in [2.24, 2.45) is 0 Å². The zero-order valence-electron chi connectivity index (χ0n) is 12.7. The van der Waals surface area contributed by atoms with Gasteiger partial charge in [0.05, 0.1) is 20.3 Å². The Morgan fingerprint density at radius 2 is 2.14 bits per heavy atom. The van der Waals surface area contributed by atoms with Crippen molar-refractivity contribution in [3.63, 3.8) is 0 Å². The first-order chi connectivity index (χ1) is 10.2. The predicted molar refractivity (Wildman–Crippen MR) is 79.9 cm³/mol. The van der Waals surface area contributed by atoms with Crippen molar-refractivity contribution in [3.8, 4) is 11.5 Å². The first-order valence-electron chi connectivity index (χ1n) is 7.32. The fourth-order valence-electron chi connectivity index (χ4n) is 2.42. The van der Waals surface area contributed by atoms with Gasteiger partial charge in [-0.3, -0.25) is 4.79 Å². The summed E-state index contributed by atoms with van der Waals surface area (Å²) in [6.45, 7) is 1.43. The molecule has 0 bridgehead atoms. The second-order valence-corrected chi connectivity index (χ2v) is 5.13. The molecule has 1 atom stereocenters.